The number of hydrogen-bond acceptors (Lipinski definition) is 3. The molecule has 0 radical (unpaired) electrons. The first-order valence-corrected chi connectivity index (χ1v) is 7.42. The van der Waals surface area contributed by atoms with E-state index in [4.69, 9.17) is 5.11 Å². The van der Waals surface area contributed by atoms with E-state index in [-0.39, 0.29) is 25.4 Å². The van der Waals surface area contributed by atoms with E-state index in [1.54, 1.807) is 18.7 Å². The molecule has 7 heteroatoms. The number of nitrogens with one attached hydrogen (secondary N) is 2. The van der Waals surface area contributed by atoms with Gasteiger partial charge in [-0.3, -0.25) is 9.59 Å². The van der Waals surface area contributed by atoms with Crippen LogP contribution in [0.4, 0.5) is 4.79 Å². The lowest BCUT2D eigenvalue weighted by molar-refractivity contribution is -0.147. The predicted octanol–water partition coefficient (Wildman–Crippen LogP) is 0.799. The van der Waals surface area contributed by atoms with Crippen LogP contribution in [0.3, 0.4) is 0 Å². The van der Waals surface area contributed by atoms with Crippen LogP contribution in [0.2, 0.25) is 0 Å². The highest BCUT2D eigenvalue weighted by Gasteiger charge is 2.31. The zero-order valence-corrected chi connectivity index (χ0v) is 12.8. The van der Waals surface area contributed by atoms with Crippen LogP contribution < -0.4 is 10.6 Å². The molecule has 1 unspecified atom stereocenters. The smallest absolute Gasteiger partial charge is 0.314 e. The van der Waals surface area contributed by atoms with Crippen molar-refractivity contribution >= 4 is 17.9 Å². The average molecular weight is 299 g/mol. The van der Waals surface area contributed by atoms with Crippen molar-refractivity contribution in [1.29, 1.82) is 0 Å². The van der Waals surface area contributed by atoms with E-state index < -0.39 is 17.4 Å². The third-order valence-electron chi connectivity index (χ3n) is 4.02. The lowest BCUT2D eigenvalue weighted by atomic mass is 9.88. The zero-order chi connectivity index (χ0) is 15.9. The standard InChI is InChI=1S/C14H25N3O4/c1-3-14(2,12(19)20)10-16-13(21)15-7-6-11(18)17-8-4-5-9-17/h3-10H2,1-2H3,(H,19,20)(H2,15,16,21). The molecule has 0 aliphatic carbocycles. The lowest BCUT2D eigenvalue weighted by Crippen LogP contribution is -2.45. The normalized spacial score (nSPS) is 17.1. The molecule has 3 N–H and O–H groups in total. The fraction of sp³-hybridized carbons (Fsp3) is 0.786. The van der Waals surface area contributed by atoms with Crippen LogP contribution in [0.1, 0.15) is 39.5 Å². The largest absolute Gasteiger partial charge is 0.481 e. The SMILES string of the molecule is CCC(C)(CNC(=O)NCCC(=O)N1CCCC1)C(=O)O. The highest BCUT2D eigenvalue weighted by atomic mass is 16.4. The van der Waals surface area contributed by atoms with Crippen LogP contribution in [-0.4, -0.2) is 54.1 Å². The van der Waals surface area contributed by atoms with Crippen molar-refractivity contribution in [2.75, 3.05) is 26.2 Å². The summed E-state index contributed by atoms with van der Waals surface area (Å²) in [6.45, 7) is 5.29. The summed E-state index contributed by atoms with van der Waals surface area (Å²) in [4.78, 5) is 36.2. The first-order valence-electron chi connectivity index (χ1n) is 7.42. The molecule has 0 spiro atoms. The van der Waals surface area contributed by atoms with Gasteiger partial charge in [0.2, 0.25) is 5.91 Å². The van der Waals surface area contributed by atoms with Gasteiger partial charge in [0.05, 0.1) is 5.41 Å². The van der Waals surface area contributed by atoms with E-state index in [2.05, 4.69) is 10.6 Å². The van der Waals surface area contributed by atoms with E-state index in [0.29, 0.717) is 6.42 Å². The molecular weight excluding hydrogens is 274 g/mol. The summed E-state index contributed by atoms with van der Waals surface area (Å²) in [6.07, 6.45) is 2.79. The highest BCUT2D eigenvalue weighted by Crippen LogP contribution is 2.19. The Morgan fingerprint density at radius 2 is 1.81 bits per heavy atom. The second-order valence-electron chi connectivity index (χ2n) is 5.67. The molecule has 7 nitrogen and oxygen atoms in total. The second kappa shape index (κ2) is 7.85. The van der Waals surface area contributed by atoms with Crippen molar-refractivity contribution in [2.24, 2.45) is 5.41 Å². The number of aliphatic carboxylic acids is 1. The topological polar surface area (TPSA) is 98.7 Å². The minimum atomic E-state index is -0.970. The molecule has 0 aromatic carbocycles. The minimum absolute atomic E-state index is 0.0525. The lowest BCUT2D eigenvalue weighted by Gasteiger charge is -2.23. The number of carbonyl (C=O) groups is 3. The Morgan fingerprint density at radius 3 is 2.33 bits per heavy atom. The molecule has 0 aromatic heterocycles. The molecule has 0 aromatic rings. The van der Waals surface area contributed by atoms with Gasteiger partial charge in [-0.2, -0.15) is 0 Å². The highest BCUT2D eigenvalue weighted by molar-refractivity contribution is 5.79. The maximum Gasteiger partial charge on any atom is 0.314 e. The van der Waals surface area contributed by atoms with Gasteiger partial charge in [0.25, 0.3) is 0 Å². The van der Waals surface area contributed by atoms with Crippen LogP contribution in [0, 0.1) is 5.41 Å². The van der Waals surface area contributed by atoms with Crippen molar-refractivity contribution in [2.45, 2.75) is 39.5 Å². The third kappa shape index (κ3) is 5.24. The number of rotatable bonds is 7. The molecule has 1 rings (SSSR count). The summed E-state index contributed by atoms with van der Waals surface area (Å²) in [7, 11) is 0. The maximum absolute atomic E-state index is 11.8. The van der Waals surface area contributed by atoms with Crippen LogP contribution in [0.15, 0.2) is 0 Å². The first-order chi connectivity index (χ1) is 9.89. The van der Waals surface area contributed by atoms with Gasteiger partial charge in [-0.25, -0.2) is 4.79 Å². The Hall–Kier alpha value is -1.79. The summed E-state index contributed by atoms with van der Waals surface area (Å²) in [5.74, 6) is -0.883. The number of carbonyl (C=O) groups excluding carboxylic acids is 2. The molecule has 1 heterocycles. The van der Waals surface area contributed by atoms with Crippen LogP contribution in [-0.2, 0) is 9.59 Å². The Morgan fingerprint density at radius 1 is 1.19 bits per heavy atom. The number of carboxylic acid groups (broad SMARTS) is 1. The zero-order valence-electron chi connectivity index (χ0n) is 12.8. The molecule has 0 bridgehead atoms. The number of likely N-dealkylation sites (tertiary alicyclic amines) is 1. The summed E-state index contributed by atoms with van der Waals surface area (Å²) >= 11 is 0. The fourth-order valence-corrected chi connectivity index (χ4v) is 2.10. The second-order valence-corrected chi connectivity index (χ2v) is 5.67. The Labute approximate surface area is 125 Å². The van der Waals surface area contributed by atoms with Gasteiger partial charge in [-0.15, -0.1) is 0 Å². The van der Waals surface area contributed by atoms with Crippen LogP contribution >= 0.6 is 0 Å². The molecule has 1 saturated heterocycles. The van der Waals surface area contributed by atoms with Crippen molar-refractivity contribution in [3.05, 3.63) is 0 Å². The van der Waals surface area contributed by atoms with Gasteiger partial charge in [0.15, 0.2) is 0 Å². The van der Waals surface area contributed by atoms with Gasteiger partial charge in [-0.1, -0.05) is 6.92 Å². The van der Waals surface area contributed by atoms with Gasteiger partial charge < -0.3 is 20.6 Å². The van der Waals surface area contributed by atoms with E-state index in [0.717, 1.165) is 25.9 Å². The third-order valence-corrected chi connectivity index (χ3v) is 4.02. The van der Waals surface area contributed by atoms with Gasteiger partial charge >= 0.3 is 12.0 Å². The van der Waals surface area contributed by atoms with Crippen molar-refractivity contribution < 1.29 is 19.5 Å². The number of nitrogens with zero attached hydrogens (tertiary/aromatic N) is 1. The quantitative estimate of drug-likeness (QED) is 0.647. The molecule has 21 heavy (non-hydrogen) atoms. The maximum atomic E-state index is 11.8. The van der Waals surface area contributed by atoms with Gasteiger partial charge in [0.1, 0.15) is 0 Å². The van der Waals surface area contributed by atoms with Crippen molar-refractivity contribution in [3.8, 4) is 0 Å². The summed E-state index contributed by atoms with van der Waals surface area (Å²) in [6, 6.07) is -0.440. The first kappa shape index (κ1) is 17.3. The number of amides is 3. The van der Waals surface area contributed by atoms with Crippen LogP contribution in [0.25, 0.3) is 0 Å². The number of urea groups is 1. The molecule has 0 saturated carbocycles. The molecule has 1 atom stereocenters. The Bertz CT molecular complexity index is 394. The van der Waals surface area contributed by atoms with Crippen LogP contribution in [0.5, 0.6) is 0 Å². The summed E-state index contributed by atoms with van der Waals surface area (Å²) in [5, 5.41) is 14.2. The monoisotopic (exact) mass is 299 g/mol. The number of hydrogen-bond donors (Lipinski definition) is 3. The molecule has 1 fully saturated rings. The Kier molecular flexibility index (Phi) is 6.45. The van der Waals surface area contributed by atoms with Gasteiger partial charge in [-0.05, 0) is 26.2 Å². The summed E-state index contributed by atoms with van der Waals surface area (Å²) < 4.78 is 0. The average Bonchev–Trinajstić information content (AvgIpc) is 2.98. The Balaban J connectivity index is 2.22. The summed E-state index contributed by atoms with van der Waals surface area (Å²) in [5.41, 5.74) is -0.970. The van der Waals surface area contributed by atoms with E-state index in [1.165, 1.54) is 0 Å². The predicted molar refractivity (Wildman–Crippen MR) is 77.9 cm³/mol. The molecule has 120 valence electrons. The minimum Gasteiger partial charge on any atom is -0.481 e. The van der Waals surface area contributed by atoms with Crippen molar-refractivity contribution in [1.82, 2.24) is 15.5 Å². The van der Waals surface area contributed by atoms with E-state index in [9.17, 15) is 14.4 Å². The molecule has 1 aliphatic heterocycles. The van der Waals surface area contributed by atoms with Crippen molar-refractivity contribution in [3.63, 3.8) is 0 Å². The number of carboxylic acids is 1. The molecule has 3 amide bonds. The van der Waals surface area contributed by atoms with Gasteiger partial charge in [0, 0.05) is 32.6 Å². The molecular formula is C14H25N3O4. The molecule has 1 aliphatic rings. The van der Waals surface area contributed by atoms with E-state index >= 15 is 0 Å². The fourth-order valence-electron chi connectivity index (χ4n) is 2.10. The van der Waals surface area contributed by atoms with E-state index in [1.807, 2.05) is 0 Å².